The molecule has 3 rings (SSSR count). The molecule has 160 valence electrons. The number of methoxy groups -OCH3 is 1. The second kappa shape index (κ2) is 10.6. The van der Waals surface area contributed by atoms with Gasteiger partial charge in [0, 0.05) is 21.8 Å². The first-order valence-electron chi connectivity index (χ1n) is 9.84. The van der Waals surface area contributed by atoms with Crippen LogP contribution in [0.1, 0.15) is 15.9 Å². The van der Waals surface area contributed by atoms with Gasteiger partial charge in [-0.1, -0.05) is 35.9 Å². The van der Waals surface area contributed by atoms with Crippen LogP contribution in [-0.2, 0) is 11.3 Å². The maximum atomic E-state index is 12.5. The molecule has 0 radical (unpaired) electrons. The summed E-state index contributed by atoms with van der Waals surface area (Å²) in [6.45, 7) is 1.03. The van der Waals surface area contributed by atoms with Crippen molar-refractivity contribution < 1.29 is 19.2 Å². The minimum atomic E-state index is -0.255. The van der Waals surface area contributed by atoms with E-state index in [-0.39, 0.29) is 11.8 Å². The first kappa shape index (κ1) is 22.3. The van der Waals surface area contributed by atoms with Crippen molar-refractivity contribution in [1.82, 2.24) is 0 Å². The van der Waals surface area contributed by atoms with E-state index in [2.05, 4.69) is 10.6 Å². The van der Waals surface area contributed by atoms with Gasteiger partial charge in [0.1, 0.15) is 12.3 Å². The Balaban J connectivity index is 1.52. The van der Waals surface area contributed by atoms with Crippen molar-refractivity contribution in [2.45, 2.75) is 6.54 Å². The molecular formula is C24H25ClN3O3+. The SMILES string of the molecule is COc1ccccc1NC(=O)c1ccc(NC(=O)C[NH+](C)Cc2ccc(Cl)cc2)cc1. The van der Waals surface area contributed by atoms with Crippen LogP contribution in [0.25, 0.3) is 0 Å². The Morgan fingerprint density at radius 1 is 0.935 bits per heavy atom. The Labute approximate surface area is 186 Å². The summed E-state index contributed by atoms with van der Waals surface area (Å²) in [5.74, 6) is 0.233. The molecular weight excluding hydrogens is 414 g/mol. The lowest BCUT2D eigenvalue weighted by Gasteiger charge is -2.14. The zero-order valence-electron chi connectivity index (χ0n) is 17.4. The molecule has 0 fully saturated rings. The Kier molecular flexibility index (Phi) is 7.65. The highest BCUT2D eigenvalue weighted by molar-refractivity contribution is 6.30. The molecule has 3 N–H and O–H groups in total. The first-order valence-corrected chi connectivity index (χ1v) is 10.2. The number of anilines is 2. The molecule has 0 saturated carbocycles. The van der Waals surface area contributed by atoms with Crippen LogP contribution in [0.2, 0.25) is 5.02 Å². The zero-order chi connectivity index (χ0) is 22.2. The van der Waals surface area contributed by atoms with Crippen molar-refractivity contribution in [1.29, 1.82) is 0 Å². The number of nitrogens with one attached hydrogen (secondary N) is 3. The van der Waals surface area contributed by atoms with Crippen molar-refractivity contribution in [3.05, 3.63) is 88.9 Å². The number of halogens is 1. The van der Waals surface area contributed by atoms with Gasteiger partial charge in [-0.2, -0.15) is 0 Å². The van der Waals surface area contributed by atoms with E-state index in [1.165, 1.54) is 0 Å². The van der Waals surface area contributed by atoms with Crippen molar-refractivity contribution >= 4 is 34.8 Å². The molecule has 7 heteroatoms. The summed E-state index contributed by atoms with van der Waals surface area (Å²) in [5, 5.41) is 6.39. The molecule has 0 saturated heterocycles. The van der Waals surface area contributed by atoms with E-state index in [4.69, 9.17) is 16.3 Å². The first-order chi connectivity index (χ1) is 14.9. The third kappa shape index (κ3) is 6.57. The van der Waals surface area contributed by atoms with Crippen LogP contribution in [0.5, 0.6) is 5.75 Å². The summed E-state index contributed by atoms with van der Waals surface area (Å²) in [5.41, 5.74) is 2.83. The maximum Gasteiger partial charge on any atom is 0.279 e. The van der Waals surface area contributed by atoms with Crippen molar-refractivity contribution in [2.24, 2.45) is 0 Å². The van der Waals surface area contributed by atoms with Crippen LogP contribution in [0.3, 0.4) is 0 Å². The number of hydrogen-bond donors (Lipinski definition) is 3. The number of rotatable bonds is 8. The number of carbonyl (C=O) groups excluding carboxylic acids is 2. The van der Waals surface area contributed by atoms with Gasteiger partial charge in [0.25, 0.3) is 11.8 Å². The summed E-state index contributed by atoms with van der Waals surface area (Å²) in [6, 6.07) is 21.6. The van der Waals surface area contributed by atoms with E-state index >= 15 is 0 Å². The molecule has 0 aliphatic rings. The second-order valence-corrected chi connectivity index (χ2v) is 7.65. The molecule has 2 amide bonds. The van der Waals surface area contributed by atoms with Crippen LogP contribution in [0.4, 0.5) is 11.4 Å². The lowest BCUT2D eigenvalue weighted by Crippen LogP contribution is -3.08. The van der Waals surface area contributed by atoms with Gasteiger partial charge in [-0.05, 0) is 48.5 Å². The van der Waals surface area contributed by atoms with Gasteiger partial charge in [-0.3, -0.25) is 9.59 Å². The van der Waals surface area contributed by atoms with Crippen molar-refractivity contribution in [2.75, 3.05) is 31.3 Å². The van der Waals surface area contributed by atoms with Crippen LogP contribution in [0, 0.1) is 0 Å². The predicted molar refractivity (Wildman–Crippen MR) is 123 cm³/mol. The smallest absolute Gasteiger partial charge is 0.279 e. The third-order valence-corrected chi connectivity index (χ3v) is 4.92. The summed E-state index contributed by atoms with van der Waals surface area (Å²) in [4.78, 5) is 25.9. The van der Waals surface area contributed by atoms with E-state index in [0.717, 1.165) is 10.5 Å². The maximum absolute atomic E-state index is 12.5. The minimum absolute atomic E-state index is 0.0994. The Morgan fingerprint density at radius 3 is 2.29 bits per heavy atom. The standard InChI is InChI=1S/C24H24ClN3O3/c1-28(15-17-7-11-19(25)12-8-17)16-23(29)26-20-13-9-18(10-14-20)24(30)27-21-5-3-4-6-22(21)31-2/h3-14H,15-16H2,1-2H3,(H,26,29)(H,27,30)/p+1. The molecule has 3 aromatic rings. The minimum Gasteiger partial charge on any atom is -0.495 e. The van der Waals surface area contributed by atoms with Crippen molar-refractivity contribution in [3.63, 3.8) is 0 Å². The number of ether oxygens (including phenoxy) is 1. The highest BCUT2D eigenvalue weighted by atomic mass is 35.5. The van der Waals surface area contributed by atoms with Gasteiger partial charge in [0.2, 0.25) is 0 Å². The molecule has 3 aromatic carbocycles. The normalized spacial score (nSPS) is 11.5. The van der Waals surface area contributed by atoms with Crippen LogP contribution < -0.4 is 20.3 Å². The molecule has 0 aromatic heterocycles. The Hall–Kier alpha value is -3.35. The van der Waals surface area contributed by atoms with Gasteiger partial charge in [0.05, 0.1) is 19.8 Å². The fourth-order valence-corrected chi connectivity index (χ4v) is 3.27. The highest BCUT2D eigenvalue weighted by Crippen LogP contribution is 2.23. The van der Waals surface area contributed by atoms with Gasteiger partial charge < -0.3 is 20.3 Å². The number of hydrogen-bond acceptors (Lipinski definition) is 3. The molecule has 0 spiro atoms. The predicted octanol–water partition coefficient (Wildman–Crippen LogP) is 3.25. The van der Waals surface area contributed by atoms with Crippen LogP contribution in [0.15, 0.2) is 72.8 Å². The number of para-hydroxylation sites is 2. The number of benzene rings is 3. The fourth-order valence-electron chi connectivity index (χ4n) is 3.14. The van der Waals surface area contributed by atoms with Gasteiger partial charge in [-0.15, -0.1) is 0 Å². The van der Waals surface area contributed by atoms with Gasteiger partial charge in [-0.25, -0.2) is 0 Å². The van der Waals surface area contributed by atoms with Gasteiger partial charge >= 0.3 is 0 Å². The lowest BCUT2D eigenvalue weighted by molar-refractivity contribution is -0.885. The largest absolute Gasteiger partial charge is 0.495 e. The van der Waals surface area contributed by atoms with Crippen LogP contribution >= 0.6 is 11.6 Å². The zero-order valence-corrected chi connectivity index (χ0v) is 18.2. The highest BCUT2D eigenvalue weighted by Gasteiger charge is 2.13. The average Bonchev–Trinajstić information content (AvgIpc) is 2.76. The molecule has 31 heavy (non-hydrogen) atoms. The summed E-state index contributed by atoms with van der Waals surface area (Å²) in [7, 11) is 3.51. The molecule has 0 aliphatic heterocycles. The molecule has 1 atom stereocenters. The Morgan fingerprint density at radius 2 is 1.61 bits per heavy atom. The molecule has 0 bridgehead atoms. The summed E-state index contributed by atoms with van der Waals surface area (Å²) in [6.07, 6.45) is 0. The third-order valence-electron chi connectivity index (χ3n) is 4.67. The fraction of sp³-hybridized carbons (Fsp3) is 0.167. The van der Waals surface area contributed by atoms with E-state index in [0.29, 0.717) is 40.8 Å². The molecule has 0 aliphatic carbocycles. The quantitative estimate of drug-likeness (QED) is 0.505. The number of quaternary nitrogens is 1. The molecule has 6 nitrogen and oxygen atoms in total. The number of carbonyl (C=O) groups is 2. The van der Waals surface area contributed by atoms with Crippen LogP contribution in [-0.4, -0.2) is 32.5 Å². The number of likely N-dealkylation sites (N-methyl/N-ethyl adjacent to an activating group) is 1. The van der Waals surface area contributed by atoms with E-state index in [9.17, 15) is 9.59 Å². The topological polar surface area (TPSA) is 71.9 Å². The van der Waals surface area contributed by atoms with E-state index < -0.39 is 0 Å². The van der Waals surface area contributed by atoms with E-state index in [1.807, 2.05) is 43.4 Å². The Bertz CT molecular complexity index is 1040. The van der Waals surface area contributed by atoms with E-state index in [1.54, 1.807) is 43.5 Å². The lowest BCUT2D eigenvalue weighted by atomic mass is 10.2. The average molecular weight is 439 g/mol. The second-order valence-electron chi connectivity index (χ2n) is 7.22. The monoisotopic (exact) mass is 438 g/mol. The van der Waals surface area contributed by atoms with Gasteiger partial charge in [0.15, 0.2) is 6.54 Å². The number of amides is 2. The molecule has 1 unspecified atom stereocenters. The molecule has 0 heterocycles. The summed E-state index contributed by atoms with van der Waals surface area (Å²) < 4.78 is 5.25. The summed E-state index contributed by atoms with van der Waals surface area (Å²) >= 11 is 5.91. The van der Waals surface area contributed by atoms with Crippen molar-refractivity contribution in [3.8, 4) is 5.75 Å².